The van der Waals surface area contributed by atoms with E-state index in [2.05, 4.69) is 0 Å². The molecule has 8 heteroatoms. The number of rotatable bonds is 0. The van der Waals surface area contributed by atoms with Gasteiger partial charge in [0.05, 0.1) is 0 Å². The van der Waals surface area contributed by atoms with E-state index in [0.29, 0.717) is 0 Å². The molecular weight excluding hydrogens is 266 g/mol. The molecule has 0 atom stereocenters. The van der Waals surface area contributed by atoms with Gasteiger partial charge in [0, 0.05) is 0 Å². The zero-order valence-electron chi connectivity index (χ0n) is 5.51. The second-order valence-corrected chi connectivity index (χ2v) is 0. The van der Waals surface area contributed by atoms with E-state index < -0.39 is 0 Å². The molecule has 0 radical (unpaired) electrons. The Morgan fingerprint density at radius 3 is 0.375 bits per heavy atom. The largest absolute Gasteiger partial charge is 1.00 e. The molecule has 32 valence electrons. The van der Waals surface area contributed by atoms with Gasteiger partial charge in [-0.2, -0.15) is 0 Å². The van der Waals surface area contributed by atoms with Gasteiger partial charge in [0.15, 0.2) is 0 Å². The van der Waals surface area contributed by atoms with Crippen molar-refractivity contribution in [3.05, 3.63) is 0 Å². The average Bonchev–Trinajstić information content (AvgIpc) is 0. The van der Waals surface area contributed by atoms with Crippen LogP contribution < -0.4 is 212 Å². The number of halogens is 4. The number of hydrogen-bond acceptors (Lipinski definition) is 0. The Morgan fingerprint density at radius 2 is 0.375 bits per heavy atom. The molecule has 0 aromatic rings. The summed E-state index contributed by atoms with van der Waals surface area (Å²) in [7, 11) is 0. The molecule has 0 aliphatic rings. The molecule has 0 aromatic carbocycles. The Balaban J connectivity index is 0. The minimum atomic E-state index is 0. The maximum Gasteiger partial charge on any atom is 1.00 e. The van der Waals surface area contributed by atoms with Gasteiger partial charge in [0.1, 0.15) is 0 Å². The Bertz CT molecular complexity index is 12.0. The van der Waals surface area contributed by atoms with Crippen molar-refractivity contribution in [2.75, 3.05) is 0 Å². The Labute approximate surface area is 205 Å². The van der Waals surface area contributed by atoms with Gasteiger partial charge in [-0.15, -0.1) is 0 Å². The molecule has 0 aromatic heterocycles. The van der Waals surface area contributed by atoms with Crippen molar-refractivity contribution >= 4 is 0 Å². The smallest absolute Gasteiger partial charge is 1.00 e. The molecule has 0 rings (SSSR count). The predicted octanol–water partition coefficient (Wildman–Crippen LogP) is -24.0. The first-order valence-electron chi connectivity index (χ1n) is 0. The summed E-state index contributed by atoms with van der Waals surface area (Å²) in [5, 5.41) is 0. The first kappa shape index (κ1) is 62.9. The third-order valence-corrected chi connectivity index (χ3v) is 0. The monoisotopic (exact) mass is 264 g/mol. The number of hydrogen-bond donors (Lipinski definition) is 0. The second kappa shape index (κ2) is 50.2. The molecule has 0 saturated carbocycles. The zero-order chi connectivity index (χ0) is 0. The van der Waals surface area contributed by atoms with Crippen LogP contribution in [-0.2, 0) is 0 Å². The van der Waals surface area contributed by atoms with Gasteiger partial charge in [-0.05, 0) is 0 Å². The zero-order valence-corrected chi connectivity index (χ0v) is 18.8. The normalized spacial score (nSPS) is 0. The fourth-order valence-corrected chi connectivity index (χ4v) is 0. The maximum absolute atomic E-state index is 0. The van der Waals surface area contributed by atoms with Crippen LogP contribution in [0.3, 0.4) is 0 Å². The summed E-state index contributed by atoms with van der Waals surface area (Å²) >= 11 is 0. The van der Waals surface area contributed by atoms with Gasteiger partial charge in [-0.25, -0.2) is 0 Å². The van der Waals surface area contributed by atoms with Crippen LogP contribution in [0.2, 0.25) is 0 Å². The van der Waals surface area contributed by atoms with Gasteiger partial charge in [0.2, 0.25) is 0 Å². The molecular formula is Cl4K2Na2. The Kier molecular flexibility index (Phi) is 395. The van der Waals surface area contributed by atoms with E-state index in [0.717, 1.165) is 0 Å². The van der Waals surface area contributed by atoms with Crippen molar-refractivity contribution in [1.82, 2.24) is 0 Å². The van der Waals surface area contributed by atoms with E-state index >= 15 is 0 Å². The van der Waals surface area contributed by atoms with Crippen LogP contribution in [0, 0.1) is 0 Å². The Morgan fingerprint density at radius 1 is 0.375 bits per heavy atom. The van der Waals surface area contributed by atoms with E-state index in [9.17, 15) is 0 Å². The van der Waals surface area contributed by atoms with Crippen molar-refractivity contribution in [3.63, 3.8) is 0 Å². The van der Waals surface area contributed by atoms with E-state index in [-0.39, 0.29) is 212 Å². The molecule has 0 saturated heterocycles. The van der Waals surface area contributed by atoms with Gasteiger partial charge in [0.25, 0.3) is 0 Å². The summed E-state index contributed by atoms with van der Waals surface area (Å²) in [4.78, 5) is 0. The van der Waals surface area contributed by atoms with Gasteiger partial charge in [-0.3, -0.25) is 0 Å². The molecule has 0 bridgehead atoms. The van der Waals surface area contributed by atoms with Gasteiger partial charge in [-0.1, -0.05) is 0 Å². The average molecular weight is 266 g/mol. The van der Waals surface area contributed by atoms with E-state index in [1.165, 1.54) is 0 Å². The van der Waals surface area contributed by atoms with Crippen molar-refractivity contribution in [2.45, 2.75) is 0 Å². The molecule has 0 heterocycles. The van der Waals surface area contributed by atoms with Crippen LogP contribution in [0.25, 0.3) is 0 Å². The van der Waals surface area contributed by atoms with Crippen molar-refractivity contribution < 1.29 is 212 Å². The fraction of sp³-hybridized carbons (Fsp3) is 0. The van der Waals surface area contributed by atoms with Crippen LogP contribution in [0.5, 0.6) is 0 Å². The van der Waals surface area contributed by atoms with Gasteiger partial charge < -0.3 is 49.6 Å². The summed E-state index contributed by atoms with van der Waals surface area (Å²) in [6.07, 6.45) is 0. The predicted molar refractivity (Wildman–Crippen MR) is 0 cm³/mol. The molecule has 8 heavy (non-hydrogen) atoms. The molecule has 0 unspecified atom stereocenters. The van der Waals surface area contributed by atoms with Crippen LogP contribution in [0.1, 0.15) is 0 Å². The van der Waals surface area contributed by atoms with Gasteiger partial charge >= 0.3 is 162 Å². The molecule has 0 fully saturated rings. The standard InChI is InChI=1S/4ClH.2K.2Na/h4*1H;;;;/q;;;;4*+1/p-4. The summed E-state index contributed by atoms with van der Waals surface area (Å²) in [5.41, 5.74) is 0. The SMILES string of the molecule is [Cl-].[Cl-].[Cl-].[Cl-].[K+].[K+].[Na+].[Na+]. The Hall–Kier alpha value is 6.43. The summed E-state index contributed by atoms with van der Waals surface area (Å²) in [5.74, 6) is 0. The van der Waals surface area contributed by atoms with Crippen LogP contribution >= 0.6 is 0 Å². The first-order valence-corrected chi connectivity index (χ1v) is 0. The van der Waals surface area contributed by atoms with E-state index in [1.54, 1.807) is 0 Å². The molecule has 0 aliphatic heterocycles. The molecule has 0 aliphatic carbocycles. The van der Waals surface area contributed by atoms with Crippen LogP contribution in [0.15, 0.2) is 0 Å². The first-order chi connectivity index (χ1) is 0. The molecule has 0 spiro atoms. The van der Waals surface area contributed by atoms with Crippen molar-refractivity contribution in [3.8, 4) is 0 Å². The van der Waals surface area contributed by atoms with Crippen molar-refractivity contribution in [1.29, 1.82) is 0 Å². The summed E-state index contributed by atoms with van der Waals surface area (Å²) in [6, 6.07) is 0. The third-order valence-electron chi connectivity index (χ3n) is 0. The minimum Gasteiger partial charge on any atom is -1.00 e. The summed E-state index contributed by atoms with van der Waals surface area (Å²) in [6.45, 7) is 0. The molecule has 0 nitrogen and oxygen atoms in total. The van der Waals surface area contributed by atoms with E-state index in [1.807, 2.05) is 0 Å². The topological polar surface area (TPSA) is 0 Å². The second-order valence-electron chi connectivity index (χ2n) is 0. The quantitative estimate of drug-likeness (QED) is 0.382. The molecule has 0 N–H and O–H groups in total. The fourth-order valence-electron chi connectivity index (χ4n) is 0. The maximum atomic E-state index is 0. The van der Waals surface area contributed by atoms with Crippen LogP contribution in [0.4, 0.5) is 0 Å². The molecule has 0 amide bonds. The van der Waals surface area contributed by atoms with E-state index in [4.69, 9.17) is 0 Å². The summed E-state index contributed by atoms with van der Waals surface area (Å²) < 4.78 is 0. The third kappa shape index (κ3) is 39.3. The minimum absolute atomic E-state index is 0. The van der Waals surface area contributed by atoms with Crippen molar-refractivity contribution in [2.24, 2.45) is 0 Å². The van der Waals surface area contributed by atoms with Crippen LogP contribution in [-0.4, -0.2) is 0 Å².